The van der Waals surface area contributed by atoms with E-state index in [1.807, 2.05) is 6.92 Å². The van der Waals surface area contributed by atoms with Crippen LogP contribution in [0.4, 0.5) is 0 Å². The fraction of sp³-hybridized carbons (Fsp3) is 0.867. The lowest BCUT2D eigenvalue weighted by molar-refractivity contribution is -0.153. The number of esters is 1. The third-order valence-corrected chi connectivity index (χ3v) is 4.39. The molecular weight excluding hydrogens is 242 g/mol. The van der Waals surface area contributed by atoms with E-state index in [4.69, 9.17) is 4.74 Å². The van der Waals surface area contributed by atoms with Gasteiger partial charge in [0.15, 0.2) is 0 Å². The van der Waals surface area contributed by atoms with E-state index >= 15 is 0 Å². The van der Waals surface area contributed by atoms with Crippen molar-refractivity contribution in [1.82, 2.24) is 4.90 Å². The van der Waals surface area contributed by atoms with Crippen LogP contribution in [0.1, 0.15) is 46.0 Å². The van der Waals surface area contributed by atoms with Gasteiger partial charge in [0.05, 0.1) is 12.5 Å². The lowest BCUT2D eigenvalue weighted by Crippen LogP contribution is -2.53. The Morgan fingerprint density at radius 3 is 2.89 bits per heavy atom. The van der Waals surface area contributed by atoms with Crippen molar-refractivity contribution in [2.24, 2.45) is 11.8 Å². The summed E-state index contributed by atoms with van der Waals surface area (Å²) < 4.78 is 5.16. The molecule has 1 aliphatic heterocycles. The van der Waals surface area contributed by atoms with E-state index in [0.717, 1.165) is 32.4 Å². The van der Waals surface area contributed by atoms with Crippen LogP contribution < -0.4 is 0 Å². The zero-order valence-corrected chi connectivity index (χ0v) is 12.1. The molecule has 0 bridgehead atoms. The number of carbonyl (C=O) groups excluding carboxylic acids is 2. The number of hydrogen-bond donors (Lipinski definition) is 0. The molecule has 4 heteroatoms. The topological polar surface area (TPSA) is 46.6 Å². The molecule has 0 N–H and O–H groups in total. The SMILES string of the molecule is CCCN1C[C@@H](C(=O)OCC)C[C@H]2CC(=O)CC[C@@H]21. The first-order valence-corrected chi connectivity index (χ1v) is 7.58. The average Bonchev–Trinajstić information content (AvgIpc) is 2.38. The number of carbonyl (C=O) groups is 2. The number of fused-ring (bicyclic) bond motifs is 1. The second-order valence-corrected chi connectivity index (χ2v) is 5.79. The molecule has 108 valence electrons. The Hall–Kier alpha value is -0.900. The Morgan fingerprint density at radius 1 is 1.42 bits per heavy atom. The van der Waals surface area contributed by atoms with Crippen LogP contribution in [0.2, 0.25) is 0 Å². The first kappa shape index (κ1) is 14.5. The first-order valence-electron chi connectivity index (χ1n) is 7.58. The molecule has 1 saturated heterocycles. The molecule has 2 rings (SSSR count). The Morgan fingerprint density at radius 2 is 2.21 bits per heavy atom. The summed E-state index contributed by atoms with van der Waals surface area (Å²) >= 11 is 0. The lowest BCUT2D eigenvalue weighted by atomic mass is 9.74. The van der Waals surface area contributed by atoms with Crippen molar-refractivity contribution in [2.45, 2.75) is 52.0 Å². The maximum atomic E-state index is 12.0. The van der Waals surface area contributed by atoms with Gasteiger partial charge in [0.1, 0.15) is 5.78 Å². The molecule has 0 amide bonds. The van der Waals surface area contributed by atoms with E-state index in [-0.39, 0.29) is 11.9 Å². The Balaban J connectivity index is 2.06. The molecule has 1 aliphatic carbocycles. The highest BCUT2D eigenvalue weighted by Crippen LogP contribution is 2.36. The number of piperidine rings is 1. The Kier molecular flexibility index (Phi) is 4.97. The van der Waals surface area contributed by atoms with Gasteiger partial charge in [-0.05, 0) is 38.6 Å². The van der Waals surface area contributed by atoms with Gasteiger partial charge in [0, 0.05) is 25.4 Å². The Labute approximate surface area is 115 Å². The summed E-state index contributed by atoms with van der Waals surface area (Å²) in [6, 6.07) is 0.503. The van der Waals surface area contributed by atoms with Crippen LogP contribution in [-0.4, -0.2) is 42.4 Å². The van der Waals surface area contributed by atoms with Crippen LogP contribution in [-0.2, 0) is 14.3 Å². The molecule has 4 nitrogen and oxygen atoms in total. The second kappa shape index (κ2) is 6.51. The van der Waals surface area contributed by atoms with Crippen LogP contribution in [0.25, 0.3) is 0 Å². The summed E-state index contributed by atoms with van der Waals surface area (Å²) in [5, 5.41) is 0. The molecule has 0 aromatic heterocycles. The van der Waals surface area contributed by atoms with Crippen LogP contribution >= 0.6 is 0 Å². The number of rotatable bonds is 4. The fourth-order valence-electron chi connectivity index (χ4n) is 3.63. The summed E-state index contributed by atoms with van der Waals surface area (Å²) in [5.74, 6) is 0.594. The lowest BCUT2D eigenvalue weighted by Gasteiger charge is -2.46. The monoisotopic (exact) mass is 267 g/mol. The summed E-state index contributed by atoms with van der Waals surface area (Å²) in [6.07, 6.45) is 4.26. The number of ketones is 1. The number of Topliss-reactive ketones (excluding diaryl/α,β-unsaturated/α-hetero) is 1. The van der Waals surface area contributed by atoms with E-state index in [9.17, 15) is 9.59 Å². The third-order valence-electron chi connectivity index (χ3n) is 4.39. The second-order valence-electron chi connectivity index (χ2n) is 5.79. The van der Waals surface area contributed by atoms with E-state index in [1.54, 1.807) is 0 Å². The van der Waals surface area contributed by atoms with Gasteiger partial charge in [0.25, 0.3) is 0 Å². The predicted molar refractivity (Wildman–Crippen MR) is 72.7 cm³/mol. The molecule has 1 heterocycles. The summed E-state index contributed by atoms with van der Waals surface area (Å²) in [6.45, 7) is 6.28. The normalized spacial score (nSPS) is 31.9. The van der Waals surface area contributed by atoms with Crippen molar-refractivity contribution >= 4 is 11.8 Å². The van der Waals surface area contributed by atoms with Gasteiger partial charge < -0.3 is 4.74 Å². The minimum absolute atomic E-state index is 0.0429. The summed E-state index contributed by atoms with van der Waals surface area (Å²) in [4.78, 5) is 26.0. The van der Waals surface area contributed by atoms with Gasteiger partial charge in [-0.2, -0.15) is 0 Å². The number of hydrogen-bond acceptors (Lipinski definition) is 4. The molecule has 3 atom stereocenters. The van der Waals surface area contributed by atoms with Crippen LogP contribution in [0.5, 0.6) is 0 Å². The number of likely N-dealkylation sites (tertiary alicyclic amines) is 1. The standard InChI is InChI=1S/C15H25NO3/c1-3-7-16-10-12(15(18)19-4-2)8-11-9-13(17)5-6-14(11)16/h11-12,14H,3-10H2,1-2H3/t11-,12-,14-/m0/s1. The van der Waals surface area contributed by atoms with Crippen molar-refractivity contribution in [3.05, 3.63) is 0 Å². The predicted octanol–water partition coefficient (Wildman–Crippen LogP) is 2.02. The van der Waals surface area contributed by atoms with E-state index in [2.05, 4.69) is 11.8 Å². The first-order chi connectivity index (χ1) is 9.15. The molecule has 0 aromatic carbocycles. The molecule has 0 spiro atoms. The van der Waals surface area contributed by atoms with Crippen LogP contribution in [0.3, 0.4) is 0 Å². The van der Waals surface area contributed by atoms with Crippen molar-refractivity contribution < 1.29 is 14.3 Å². The highest BCUT2D eigenvalue weighted by atomic mass is 16.5. The van der Waals surface area contributed by atoms with Gasteiger partial charge in [0.2, 0.25) is 0 Å². The number of nitrogens with zero attached hydrogens (tertiary/aromatic N) is 1. The van der Waals surface area contributed by atoms with Crippen molar-refractivity contribution in [3.8, 4) is 0 Å². The van der Waals surface area contributed by atoms with Gasteiger partial charge in [-0.25, -0.2) is 0 Å². The van der Waals surface area contributed by atoms with Crippen molar-refractivity contribution in [2.75, 3.05) is 19.7 Å². The van der Waals surface area contributed by atoms with Crippen molar-refractivity contribution in [3.63, 3.8) is 0 Å². The maximum absolute atomic E-state index is 12.0. The van der Waals surface area contributed by atoms with Gasteiger partial charge in [-0.3, -0.25) is 14.5 Å². The van der Waals surface area contributed by atoms with Gasteiger partial charge in [-0.15, -0.1) is 0 Å². The van der Waals surface area contributed by atoms with Crippen LogP contribution in [0, 0.1) is 11.8 Å². The average molecular weight is 267 g/mol. The van der Waals surface area contributed by atoms with E-state index < -0.39 is 0 Å². The Bertz CT molecular complexity index is 342. The largest absolute Gasteiger partial charge is 0.466 e. The van der Waals surface area contributed by atoms with Gasteiger partial charge in [-0.1, -0.05) is 6.92 Å². The smallest absolute Gasteiger partial charge is 0.310 e. The molecule has 0 unspecified atom stereocenters. The zero-order chi connectivity index (χ0) is 13.8. The minimum atomic E-state index is -0.0833. The number of ether oxygens (including phenoxy) is 1. The minimum Gasteiger partial charge on any atom is -0.466 e. The molecular formula is C15H25NO3. The molecule has 19 heavy (non-hydrogen) atoms. The quantitative estimate of drug-likeness (QED) is 0.731. The molecule has 2 fully saturated rings. The highest BCUT2D eigenvalue weighted by Gasteiger charge is 2.41. The van der Waals surface area contributed by atoms with E-state index in [0.29, 0.717) is 37.2 Å². The van der Waals surface area contributed by atoms with Crippen LogP contribution in [0.15, 0.2) is 0 Å². The summed E-state index contributed by atoms with van der Waals surface area (Å²) in [7, 11) is 0. The molecule has 1 saturated carbocycles. The summed E-state index contributed by atoms with van der Waals surface area (Å²) in [5.41, 5.74) is 0. The maximum Gasteiger partial charge on any atom is 0.310 e. The highest BCUT2D eigenvalue weighted by molar-refractivity contribution is 5.80. The zero-order valence-electron chi connectivity index (χ0n) is 12.1. The van der Waals surface area contributed by atoms with E-state index in [1.165, 1.54) is 0 Å². The molecule has 2 aliphatic rings. The van der Waals surface area contributed by atoms with Crippen molar-refractivity contribution in [1.29, 1.82) is 0 Å². The molecule has 0 radical (unpaired) electrons. The fourth-order valence-corrected chi connectivity index (χ4v) is 3.63. The molecule has 0 aromatic rings. The third kappa shape index (κ3) is 3.35. The van der Waals surface area contributed by atoms with Gasteiger partial charge >= 0.3 is 5.97 Å².